The number of rotatable bonds is 7. The number of methoxy groups -OCH3 is 1. The molecule has 1 N–H and O–H groups in total. The molecule has 1 atom stereocenters. The Hall–Kier alpha value is -3.41. The van der Waals surface area contributed by atoms with E-state index < -0.39 is 11.9 Å². The summed E-state index contributed by atoms with van der Waals surface area (Å²) in [6.07, 6.45) is 5.00. The third kappa shape index (κ3) is 4.41. The Morgan fingerprint density at radius 3 is 2.59 bits per heavy atom. The molecule has 2 aromatic carbocycles. The molecule has 0 amide bonds. The average Bonchev–Trinajstić information content (AvgIpc) is 2.72. The first-order valence-corrected chi connectivity index (χ1v) is 8.46. The molecular formula is C21H20N2O4. The highest BCUT2D eigenvalue weighted by molar-refractivity contribution is 5.77. The molecule has 1 aromatic heterocycles. The Labute approximate surface area is 157 Å². The summed E-state index contributed by atoms with van der Waals surface area (Å²) in [5.74, 6) is -0.502. The number of aliphatic carboxylic acids is 1. The predicted molar refractivity (Wildman–Crippen MR) is 101 cm³/mol. The van der Waals surface area contributed by atoms with Crippen molar-refractivity contribution in [2.45, 2.75) is 19.4 Å². The van der Waals surface area contributed by atoms with Crippen molar-refractivity contribution in [3.8, 4) is 22.6 Å². The third-order valence-electron chi connectivity index (χ3n) is 4.27. The number of nitrogens with zero attached hydrogens (tertiary/aromatic N) is 2. The van der Waals surface area contributed by atoms with Crippen LogP contribution < -0.4 is 9.47 Å². The van der Waals surface area contributed by atoms with Gasteiger partial charge in [0, 0.05) is 23.5 Å². The molecule has 1 heterocycles. The van der Waals surface area contributed by atoms with E-state index in [9.17, 15) is 9.90 Å². The summed E-state index contributed by atoms with van der Waals surface area (Å²) in [5, 5.41) is 9.36. The van der Waals surface area contributed by atoms with E-state index >= 15 is 0 Å². The Kier molecular flexibility index (Phi) is 5.66. The lowest BCUT2D eigenvalue weighted by Crippen LogP contribution is -2.10. The zero-order valence-corrected chi connectivity index (χ0v) is 15.1. The van der Waals surface area contributed by atoms with Gasteiger partial charge in [-0.3, -0.25) is 4.79 Å². The number of carboxylic acid groups (broad SMARTS) is 1. The normalized spacial score (nSPS) is 11.6. The minimum absolute atomic E-state index is 0.313. The Bertz CT molecular complexity index is 928. The van der Waals surface area contributed by atoms with Crippen molar-refractivity contribution >= 4 is 5.97 Å². The second kappa shape index (κ2) is 8.31. The van der Waals surface area contributed by atoms with Crippen LogP contribution in [0.25, 0.3) is 11.1 Å². The lowest BCUT2D eigenvalue weighted by molar-refractivity contribution is -0.138. The van der Waals surface area contributed by atoms with Crippen LogP contribution in [0.3, 0.4) is 0 Å². The van der Waals surface area contributed by atoms with Crippen LogP contribution in [0.2, 0.25) is 0 Å². The molecule has 0 aliphatic rings. The topological polar surface area (TPSA) is 81.5 Å². The smallest absolute Gasteiger partial charge is 0.310 e. The molecule has 138 valence electrons. The molecular weight excluding hydrogens is 344 g/mol. The number of hydrogen-bond acceptors (Lipinski definition) is 5. The van der Waals surface area contributed by atoms with E-state index in [0.29, 0.717) is 23.7 Å². The van der Waals surface area contributed by atoms with Crippen LogP contribution in [-0.4, -0.2) is 28.2 Å². The maximum absolute atomic E-state index is 11.4. The first-order valence-electron chi connectivity index (χ1n) is 8.46. The molecule has 0 spiro atoms. The van der Waals surface area contributed by atoms with Crippen LogP contribution in [0, 0.1) is 0 Å². The van der Waals surface area contributed by atoms with Gasteiger partial charge in [-0.15, -0.1) is 0 Å². The highest BCUT2D eigenvalue weighted by atomic mass is 16.5. The predicted octanol–water partition coefficient (Wildman–Crippen LogP) is 3.92. The molecule has 0 radical (unpaired) electrons. The van der Waals surface area contributed by atoms with Gasteiger partial charge in [-0.1, -0.05) is 18.2 Å². The molecule has 6 nitrogen and oxygen atoms in total. The number of carbonyl (C=O) groups is 1. The van der Waals surface area contributed by atoms with Crippen molar-refractivity contribution in [1.29, 1.82) is 0 Å². The molecule has 0 saturated heterocycles. The summed E-state index contributed by atoms with van der Waals surface area (Å²) in [7, 11) is 1.55. The quantitative estimate of drug-likeness (QED) is 0.684. The van der Waals surface area contributed by atoms with E-state index in [1.54, 1.807) is 44.6 Å². The van der Waals surface area contributed by atoms with E-state index in [-0.39, 0.29) is 0 Å². The van der Waals surface area contributed by atoms with Gasteiger partial charge < -0.3 is 14.6 Å². The van der Waals surface area contributed by atoms with Gasteiger partial charge in [0.05, 0.1) is 13.0 Å². The maximum atomic E-state index is 11.4. The summed E-state index contributed by atoms with van der Waals surface area (Å²) in [4.78, 5) is 19.5. The van der Waals surface area contributed by atoms with Gasteiger partial charge in [-0.05, 0) is 42.3 Å². The number of hydrogen-bond donors (Lipinski definition) is 1. The lowest BCUT2D eigenvalue weighted by Gasteiger charge is -2.16. The fraction of sp³-hybridized carbons (Fsp3) is 0.190. The molecule has 0 aliphatic heterocycles. The van der Waals surface area contributed by atoms with Crippen molar-refractivity contribution in [2.24, 2.45) is 0 Å². The second-order valence-corrected chi connectivity index (χ2v) is 6.08. The number of benzene rings is 2. The molecule has 27 heavy (non-hydrogen) atoms. The van der Waals surface area contributed by atoms with E-state index in [0.717, 1.165) is 16.7 Å². The van der Waals surface area contributed by atoms with Crippen molar-refractivity contribution < 1.29 is 19.4 Å². The summed E-state index contributed by atoms with van der Waals surface area (Å²) in [5.41, 5.74) is 3.45. The van der Waals surface area contributed by atoms with Crippen LogP contribution in [0.4, 0.5) is 0 Å². The first-order chi connectivity index (χ1) is 13.1. The van der Waals surface area contributed by atoms with Gasteiger partial charge in [0.25, 0.3) is 0 Å². The molecule has 0 aliphatic carbocycles. The van der Waals surface area contributed by atoms with E-state index in [1.165, 1.54) is 6.33 Å². The van der Waals surface area contributed by atoms with Crippen molar-refractivity contribution in [1.82, 2.24) is 9.97 Å². The molecule has 6 heteroatoms. The van der Waals surface area contributed by atoms with Gasteiger partial charge in [-0.2, -0.15) is 0 Å². The average molecular weight is 364 g/mol. The van der Waals surface area contributed by atoms with Crippen molar-refractivity contribution in [3.63, 3.8) is 0 Å². The summed E-state index contributed by atoms with van der Waals surface area (Å²) in [6.45, 7) is 1.94. The van der Waals surface area contributed by atoms with E-state index in [1.807, 2.05) is 24.3 Å². The molecule has 3 rings (SSSR count). The van der Waals surface area contributed by atoms with Gasteiger partial charge in [0.1, 0.15) is 24.4 Å². The standard InChI is InChI=1S/C21H20N2O4/c1-14(21(24)25)19-9-18(26-2)6-7-20(19)27-12-15-4-3-5-16(8-15)17-10-22-13-23-11-17/h3-11,13-14H,12H2,1-2H3,(H,24,25). The number of aromatic nitrogens is 2. The zero-order valence-electron chi connectivity index (χ0n) is 15.1. The fourth-order valence-electron chi connectivity index (χ4n) is 2.71. The summed E-state index contributed by atoms with van der Waals surface area (Å²) >= 11 is 0. The molecule has 1 unspecified atom stereocenters. The highest BCUT2D eigenvalue weighted by Crippen LogP contribution is 2.31. The van der Waals surface area contributed by atoms with Crippen LogP contribution in [0.15, 0.2) is 61.2 Å². The van der Waals surface area contributed by atoms with E-state index in [2.05, 4.69) is 9.97 Å². The van der Waals surface area contributed by atoms with Gasteiger partial charge in [0.15, 0.2) is 0 Å². The third-order valence-corrected chi connectivity index (χ3v) is 4.27. The van der Waals surface area contributed by atoms with Gasteiger partial charge >= 0.3 is 5.97 Å². The van der Waals surface area contributed by atoms with Crippen LogP contribution in [0.1, 0.15) is 24.0 Å². The maximum Gasteiger partial charge on any atom is 0.310 e. The highest BCUT2D eigenvalue weighted by Gasteiger charge is 2.19. The summed E-state index contributed by atoms with van der Waals surface area (Å²) < 4.78 is 11.1. The van der Waals surface area contributed by atoms with Crippen molar-refractivity contribution in [2.75, 3.05) is 7.11 Å². The zero-order chi connectivity index (χ0) is 19.2. The van der Waals surface area contributed by atoms with Crippen molar-refractivity contribution in [3.05, 3.63) is 72.3 Å². The second-order valence-electron chi connectivity index (χ2n) is 6.08. The van der Waals surface area contributed by atoms with E-state index in [4.69, 9.17) is 9.47 Å². The molecule has 3 aromatic rings. The number of ether oxygens (including phenoxy) is 2. The summed E-state index contributed by atoms with van der Waals surface area (Å²) in [6, 6.07) is 13.1. The SMILES string of the molecule is COc1ccc(OCc2cccc(-c3cncnc3)c2)c(C(C)C(=O)O)c1. The fourth-order valence-corrected chi connectivity index (χ4v) is 2.71. The number of carboxylic acids is 1. The first kappa shape index (κ1) is 18.4. The molecule has 0 saturated carbocycles. The Balaban J connectivity index is 1.82. The van der Waals surface area contributed by atoms with Crippen LogP contribution >= 0.6 is 0 Å². The Morgan fingerprint density at radius 2 is 1.89 bits per heavy atom. The Morgan fingerprint density at radius 1 is 1.11 bits per heavy atom. The van der Waals surface area contributed by atoms with Crippen LogP contribution in [-0.2, 0) is 11.4 Å². The largest absolute Gasteiger partial charge is 0.497 e. The minimum atomic E-state index is -0.917. The molecule has 0 fully saturated rings. The lowest BCUT2D eigenvalue weighted by atomic mass is 10.00. The minimum Gasteiger partial charge on any atom is -0.497 e. The van der Waals surface area contributed by atoms with Gasteiger partial charge in [-0.25, -0.2) is 9.97 Å². The van der Waals surface area contributed by atoms with Gasteiger partial charge in [0.2, 0.25) is 0 Å². The molecule has 0 bridgehead atoms. The monoisotopic (exact) mass is 364 g/mol. The van der Waals surface area contributed by atoms with Crippen LogP contribution in [0.5, 0.6) is 11.5 Å².